The van der Waals surface area contributed by atoms with Gasteiger partial charge < -0.3 is 24.4 Å². The van der Waals surface area contributed by atoms with Gasteiger partial charge in [0.1, 0.15) is 23.3 Å². The van der Waals surface area contributed by atoms with Gasteiger partial charge in [-0.3, -0.25) is 9.59 Å². The predicted molar refractivity (Wildman–Crippen MR) is 134 cm³/mol. The van der Waals surface area contributed by atoms with E-state index in [0.29, 0.717) is 28.4 Å². The van der Waals surface area contributed by atoms with Gasteiger partial charge in [0.15, 0.2) is 6.61 Å². The van der Waals surface area contributed by atoms with E-state index in [4.69, 9.17) is 14.2 Å². The number of halogens is 3. The van der Waals surface area contributed by atoms with Gasteiger partial charge >= 0.3 is 6.18 Å². The van der Waals surface area contributed by atoms with Crippen molar-refractivity contribution in [3.8, 4) is 17.2 Å². The van der Waals surface area contributed by atoms with Crippen molar-refractivity contribution in [2.45, 2.75) is 32.6 Å². The molecule has 3 aromatic rings. The van der Waals surface area contributed by atoms with Crippen molar-refractivity contribution < 1.29 is 37.0 Å². The summed E-state index contributed by atoms with van der Waals surface area (Å²) >= 11 is 0. The first-order chi connectivity index (χ1) is 18.0. The molecule has 1 N–H and O–H groups in total. The molecular formula is C28H27F3N2O5. The number of methoxy groups -OCH3 is 2. The van der Waals surface area contributed by atoms with E-state index in [2.05, 4.69) is 5.32 Å². The Labute approximate surface area is 218 Å². The highest BCUT2D eigenvalue weighted by Gasteiger charge is 2.38. The minimum atomic E-state index is -4.50. The van der Waals surface area contributed by atoms with E-state index in [1.807, 2.05) is 26.0 Å². The van der Waals surface area contributed by atoms with Gasteiger partial charge in [-0.15, -0.1) is 0 Å². The molecule has 38 heavy (non-hydrogen) atoms. The molecule has 10 heteroatoms. The lowest BCUT2D eigenvalue weighted by Gasteiger charge is -2.31. The maximum absolute atomic E-state index is 13.8. The van der Waals surface area contributed by atoms with Gasteiger partial charge in [0.25, 0.3) is 11.8 Å². The number of benzene rings is 3. The SMILES string of the molecule is COc1ccc(CN2C(=O)COc3c(C)ccc(C)c3C2C(=O)Nc2ccc(C(F)(F)F)cc2)c(OC)c1. The third-order valence-corrected chi connectivity index (χ3v) is 6.42. The zero-order valence-electron chi connectivity index (χ0n) is 21.3. The van der Waals surface area contributed by atoms with Crippen LogP contribution in [0.3, 0.4) is 0 Å². The molecule has 0 aliphatic carbocycles. The molecule has 0 aromatic heterocycles. The topological polar surface area (TPSA) is 77.1 Å². The summed E-state index contributed by atoms with van der Waals surface area (Å²) in [5.41, 5.74) is 1.93. The van der Waals surface area contributed by atoms with Gasteiger partial charge in [0.2, 0.25) is 0 Å². The van der Waals surface area contributed by atoms with Crippen molar-refractivity contribution >= 4 is 17.5 Å². The molecular weight excluding hydrogens is 501 g/mol. The Morgan fingerprint density at radius 3 is 2.34 bits per heavy atom. The molecule has 2 amide bonds. The molecule has 0 spiro atoms. The number of fused-ring (bicyclic) bond motifs is 1. The lowest BCUT2D eigenvalue weighted by Crippen LogP contribution is -2.41. The van der Waals surface area contributed by atoms with Crippen molar-refractivity contribution in [1.29, 1.82) is 0 Å². The number of amides is 2. The van der Waals surface area contributed by atoms with E-state index < -0.39 is 29.6 Å². The van der Waals surface area contributed by atoms with Crippen LogP contribution in [0.1, 0.15) is 33.9 Å². The van der Waals surface area contributed by atoms with E-state index in [-0.39, 0.29) is 18.8 Å². The fourth-order valence-electron chi connectivity index (χ4n) is 4.43. The molecule has 0 radical (unpaired) electrons. The van der Waals surface area contributed by atoms with Crippen LogP contribution in [0.25, 0.3) is 0 Å². The van der Waals surface area contributed by atoms with E-state index in [9.17, 15) is 22.8 Å². The molecule has 1 atom stereocenters. The smallest absolute Gasteiger partial charge is 0.416 e. The number of rotatable bonds is 6. The number of anilines is 1. The third-order valence-electron chi connectivity index (χ3n) is 6.42. The van der Waals surface area contributed by atoms with Gasteiger partial charge in [-0.25, -0.2) is 0 Å². The standard InChI is InChI=1S/C28H27F3N2O5/c1-16-5-6-17(2)26-24(16)25(27(35)32-20-10-8-19(9-11-20)28(29,30)31)33(23(34)15-38-26)14-18-7-12-21(36-3)13-22(18)37-4/h5-13,25H,14-15H2,1-4H3,(H,32,35). The highest BCUT2D eigenvalue weighted by molar-refractivity contribution is 5.99. The Morgan fingerprint density at radius 1 is 1.03 bits per heavy atom. The number of alkyl halides is 3. The van der Waals surface area contributed by atoms with Crippen molar-refractivity contribution in [3.05, 3.63) is 82.4 Å². The summed E-state index contributed by atoms with van der Waals surface area (Å²) in [5, 5.41) is 2.68. The van der Waals surface area contributed by atoms with Crippen LogP contribution in [-0.4, -0.2) is 37.5 Å². The molecule has 0 saturated heterocycles. The van der Waals surface area contributed by atoms with Crippen LogP contribution in [0.5, 0.6) is 17.2 Å². The summed E-state index contributed by atoms with van der Waals surface area (Å²) in [6.07, 6.45) is -4.50. The van der Waals surface area contributed by atoms with Gasteiger partial charge in [-0.1, -0.05) is 12.1 Å². The fraction of sp³-hybridized carbons (Fsp3) is 0.286. The maximum Gasteiger partial charge on any atom is 0.416 e. The Balaban J connectivity index is 1.77. The molecule has 1 aliphatic rings. The summed E-state index contributed by atoms with van der Waals surface area (Å²) in [7, 11) is 3.01. The van der Waals surface area contributed by atoms with Gasteiger partial charge in [-0.05, 0) is 61.4 Å². The average Bonchev–Trinajstić information content (AvgIpc) is 3.03. The number of hydrogen-bond acceptors (Lipinski definition) is 5. The highest BCUT2D eigenvalue weighted by atomic mass is 19.4. The Hall–Kier alpha value is -4.21. The van der Waals surface area contributed by atoms with Crippen LogP contribution in [-0.2, 0) is 22.3 Å². The summed E-state index contributed by atoms with van der Waals surface area (Å²) in [4.78, 5) is 28.6. The number of carbonyl (C=O) groups is 2. The Morgan fingerprint density at radius 2 is 1.71 bits per heavy atom. The number of nitrogens with zero attached hydrogens (tertiary/aromatic N) is 1. The van der Waals surface area contributed by atoms with E-state index >= 15 is 0 Å². The Kier molecular flexibility index (Phi) is 7.52. The molecule has 0 bridgehead atoms. The zero-order chi connectivity index (χ0) is 27.6. The fourth-order valence-corrected chi connectivity index (χ4v) is 4.43. The largest absolute Gasteiger partial charge is 0.497 e. The quantitative estimate of drug-likeness (QED) is 0.461. The molecule has 1 heterocycles. The molecule has 3 aromatic carbocycles. The number of hydrogen-bond donors (Lipinski definition) is 1. The van der Waals surface area contributed by atoms with Gasteiger partial charge in [-0.2, -0.15) is 13.2 Å². The van der Waals surface area contributed by atoms with E-state index in [1.165, 1.54) is 31.3 Å². The zero-order valence-corrected chi connectivity index (χ0v) is 21.3. The van der Waals surface area contributed by atoms with E-state index in [1.54, 1.807) is 18.2 Å². The first-order valence-electron chi connectivity index (χ1n) is 11.7. The second-order valence-electron chi connectivity index (χ2n) is 8.90. The van der Waals surface area contributed by atoms with E-state index in [0.717, 1.165) is 23.3 Å². The summed E-state index contributed by atoms with van der Waals surface area (Å²) in [6, 6.07) is 11.8. The minimum absolute atomic E-state index is 0.00722. The van der Waals surface area contributed by atoms with Crippen LogP contribution in [0.15, 0.2) is 54.6 Å². The normalized spacial score (nSPS) is 15.3. The third kappa shape index (κ3) is 5.39. The second kappa shape index (κ2) is 10.6. The molecule has 7 nitrogen and oxygen atoms in total. The molecule has 4 rings (SSSR count). The average molecular weight is 529 g/mol. The van der Waals surface area contributed by atoms with Crippen LogP contribution in [0.4, 0.5) is 18.9 Å². The van der Waals surface area contributed by atoms with Crippen LogP contribution >= 0.6 is 0 Å². The summed E-state index contributed by atoms with van der Waals surface area (Å²) < 4.78 is 55.7. The summed E-state index contributed by atoms with van der Waals surface area (Å²) in [5.74, 6) is 0.418. The minimum Gasteiger partial charge on any atom is -0.497 e. The summed E-state index contributed by atoms with van der Waals surface area (Å²) in [6.45, 7) is 3.34. The number of aryl methyl sites for hydroxylation is 2. The highest BCUT2D eigenvalue weighted by Crippen LogP contribution is 2.40. The van der Waals surface area contributed by atoms with Crippen LogP contribution in [0.2, 0.25) is 0 Å². The molecule has 0 fully saturated rings. The maximum atomic E-state index is 13.8. The Bertz CT molecular complexity index is 1360. The first-order valence-corrected chi connectivity index (χ1v) is 11.7. The van der Waals surface area contributed by atoms with Gasteiger partial charge in [0.05, 0.1) is 26.3 Å². The molecule has 200 valence electrons. The number of carbonyl (C=O) groups excluding carboxylic acids is 2. The second-order valence-corrected chi connectivity index (χ2v) is 8.90. The number of nitrogens with one attached hydrogen (secondary N) is 1. The number of ether oxygens (including phenoxy) is 3. The lowest BCUT2D eigenvalue weighted by molar-refractivity contribution is -0.140. The van der Waals surface area contributed by atoms with Crippen LogP contribution in [0, 0.1) is 13.8 Å². The monoisotopic (exact) mass is 528 g/mol. The van der Waals surface area contributed by atoms with Crippen molar-refractivity contribution in [1.82, 2.24) is 4.90 Å². The first kappa shape index (κ1) is 26.8. The predicted octanol–water partition coefficient (Wildman–Crippen LogP) is 5.44. The lowest BCUT2D eigenvalue weighted by atomic mass is 9.95. The molecule has 1 unspecified atom stereocenters. The van der Waals surface area contributed by atoms with Crippen molar-refractivity contribution in [2.24, 2.45) is 0 Å². The molecule has 0 saturated carbocycles. The van der Waals surface area contributed by atoms with Crippen molar-refractivity contribution in [2.75, 3.05) is 26.1 Å². The molecule has 1 aliphatic heterocycles. The van der Waals surface area contributed by atoms with Crippen molar-refractivity contribution in [3.63, 3.8) is 0 Å². The van der Waals surface area contributed by atoms with Crippen LogP contribution < -0.4 is 19.5 Å². The van der Waals surface area contributed by atoms with Gasteiger partial charge in [0, 0.05) is 22.9 Å².